The summed E-state index contributed by atoms with van der Waals surface area (Å²) in [6.07, 6.45) is 2.16. The van der Waals surface area contributed by atoms with E-state index in [1.54, 1.807) is 0 Å². The fourth-order valence-corrected chi connectivity index (χ4v) is 2.38. The van der Waals surface area contributed by atoms with Crippen LogP contribution in [-0.2, 0) is 0 Å². The van der Waals surface area contributed by atoms with Gasteiger partial charge in [-0.15, -0.1) is 0 Å². The van der Waals surface area contributed by atoms with Gasteiger partial charge in [0, 0.05) is 17.1 Å². The lowest BCUT2D eigenvalue weighted by atomic mass is 10.0. The lowest BCUT2D eigenvalue weighted by Crippen LogP contribution is -2.19. The predicted molar refractivity (Wildman–Crippen MR) is 69.2 cm³/mol. The van der Waals surface area contributed by atoms with Crippen LogP contribution in [0.15, 0.2) is 12.1 Å². The zero-order valence-electron chi connectivity index (χ0n) is 10.3. The highest BCUT2D eigenvalue weighted by atomic mass is 35.5. The first-order valence-electron chi connectivity index (χ1n) is 6.02. The summed E-state index contributed by atoms with van der Waals surface area (Å²) in [5.74, 6) is 1.54. The van der Waals surface area contributed by atoms with Gasteiger partial charge in [-0.2, -0.15) is 0 Å². The maximum atomic E-state index is 6.29. The van der Waals surface area contributed by atoms with Crippen LogP contribution in [0.2, 0.25) is 5.02 Å². The van der Waals surface area contributed by atoms with Gasteiger partial charge in [0.05, 0.1) is 0 Å². The van der Waals surface area contributed by atoms with Gasteiger partial charge in [-0.1, -0.05) is 24.9 Å². The highest BCUT2D eigenvalue weighted by molar-refractivity contribution is 6.31. The van der Waals surface area contributed by atoms with Crippen molar-refractivity contribution in [2.45, 2.75) is 25.8 Å². The van der Waals surface area contributed by atoms with E-state index in [0.717, 1.165) is 34.9 Å². The highest BCUT2D eigenvalue weighted by Gasteiger charge is 2.19. The molecule has 1 aliphatic rings. The minimum absolute atomic E-state index is 0.267. The zero-order valence-corrected chi connectivity index (χ0v) is 11.0. The van der Waals surface area contributed by atoms with Crippen LogP contribution in [-0.4, -0.2) is 20.3 Å². The van der Waals surface area contributed by atoms with Crippen molar-refractivity contribution in [3.8, 4) is 11.5 Å². The number of hydrogen-bond donors (Lipinski definition) is 1. The molecule has 0 saturated heterocycles. The van der Waals surface area contributed by atoms with Crippen LogP contribution in [0.5, 0.6) is 11.5 Å². The topological polar surface area (TPSA) is 30.5 Å². The van der Waals surface area contributed by atoms with Gasteiger partial charge in [0.2, 0.25) is 0 Å². The van der Waals surface area contributed by atoms with E-state index in [1.165, 1.54) is 0 Å². The van der Waals surface area contributed by atoms with Crippen LogP contribution in [0.1, 0.15) is 31.4 Å². The Morgan fingerprint density at radius 1 is 1.29 bits per heavy atom. The summed E-state index contributed by atoms with van der Waals surface area (Å²) in [6, 6.07) is 4.11. The third-order valence-corrected chi connectivity index (χ3v) is 3.29. The molecule has 0 bridgehead atoms. The molecule has 1 N–H and O–H groups in total. The number of nitrogens with one attached hydrogen (secondary N) is 1. The second kappa shape index (κ2) is 5.61. The fraction of sp³-hybridized carbons (Fsp3) is 0.538. The molecular weight excluding hydrogens is 238 g/mol. The van der Waals surface area contributed by atoms with Crippen molar-refractivity contribution >= 4 is 11.6 Å². The van der Waals surface area contributed by atoms with E-state index in [4.69, 9.17) is 21.1 Å². The molecule has 0 fully saturated rings. The molecule has 1 heterocycles. The molecule has 1 aromatic carbocycles. The van der Waals surface area contributed by atoms with E-state index in [-0.39, 0.29) is 6.04 Å². The molecule has 0 spiro atoms. The first-order chi connectivity index (χ1) is 8.26. The first-order valence-corrected chi connectivity index (χ1v) is 6.40. The molecular formula is C13H18ClNO2. The second-order valence-corrected chi connectivity index (χ2v) is 4.55. The van der Waals surface area contributed by atoms with E-state index in [9.17, 15) is 0 Å². The maximum absolute atomic E-state index is 6.29. The summed E-state index contributed by atoms with van der Waals surface area (Å²) in [7, 11) is 1.95. The summed E-state index contributed by atoms with van der Waals surface area (Å²) in [5.41, 5.74) is 1.08. The summed E-state index contributed by atoms with van der Waals surface area (Å²) >= 11 is 6.29. The molecule has 1 atom stereocenters. The number of halogens is 1. The van der Waals surface area contributed by atoms with Gasteiger partial charge in [0.1, 0.15) is 13.2 Å². The Morgan fingerprint density at radius 3 is 2.53 bits per heavy atom. The third-order valence-electron chi connectivity index (χ3n) is 2.96. The molecule has 17 heavy (non-hydrogen) atoms. The minimum atomic E-state index is 0.267. The SMILES string of the molecule is CCCC(NC)c1cc2c(cc1Cl)OCCO2. The third kappa shape index (κ3) is 2.67. The van der Waals surface area contributed by atoms with Crippen LogP contribution >= 0.6 is 11.6 Å². The second-order valence-electron chi connectivity index (χ2n) is 4.15. The molecule has 1 aromatic rings. The largest absolute Gasteiger partial charge is 0.486 e. The molecule has 0 aliphatic carbocycles. The van der Waals surface area contributed by atoms with E-state index in [1.807, 2.05) is 19.2 Å². The van der Waals surface area contributed by atoms with Crippen LogP contribution in [0.3, 0.4) is 0 Å². The number of ether oxygens (including phenoxy) is 2. The van der Waals surface area contributed by atoms with E-state index >= 15 is 0 Å². The average Bonchev–Trinajstić information content (AvgIpc) is 2.35. The summed E-state index contributed by atoms with van der Waals surface area (Å²) < 4.78 is 11.1. The molecule has 1 aliphatic heterocycles. The van der Waals surface area contributed by atoms with Crippen LogP contribution in [0.4, 0.5) is 0 Å². The van der Waals surface area contributed by atoms with E-state index in [0.29, 0.717) is 13.2 Å². The molecule has 0 radical (unpaired) electrons. The van der Waals surface area contributed by atoms with Crippen molar-refractivity contribution < 1.29 is 9.47 Å². The predicted octanol–water partition coefficient (Wildman–Crippen LogP) is 3.17. The molecule has 3 nitrogen and oxygen atoms in total. The van der Waals surface area contributed by atoms with Gasteiger partial charge in [0.25, 0.3) is 0 Å². The summed E-state index contributed by atoms with van der Waals surface area (Å²) in [5, 5.41) is 4.02. The lowest BCUT2D eigenvalue weighted by Gasteiger charge is -2.23. The van der Waals surface area contributed by atoms with Crippen molar-refractivity contribution in [1.82, 2.24) is 5.32 Å². The van der Waals surface area contributed by atoms with E-state index in [2.05, 4.69) is 12.2 Å². The molecule has 0 aromatic heterocycles. The van der Waals surface area contributed by atoms with Gasteiger partial charge >= 0.3 is 0 Å². The van der Waals surface area contributed by atoms with Crippen molar-refractivity contribution in [2.75, 3.05) is 20.3 Å². The smallest absolute Gasteiger partial charge is 0.162 e. The van der Waals surface area contributed by atoms with Crippen molar-refractivity contribution in [2.24, 2.45) is 0 Å². The van der Waals surface area contributed by atoms with E-state index < -0.39 is 0 Å². The first kappa shape index (κ1) is 12.5. The Hall–Kier alpha value is -0.930. The zero-order chi connectivity index (χ0) is 12.3. The Kier molecular flexibility index (Phi) is 4.13. The van der Waals surface area contributed by atoms with Gasteiger partial charge in [-0.05, 0) is 25.1 Å². The van der Waals surface area contributed by atoms with Gasteiger partial charge in [0.15, 0.2) is 11.5 Å². The summed E-state index contributed by atoms with van der Waals surface area (Å²) in [4.78, 5) is 0. The monoisotopic (exact) mass is 255 g/mol. The molecule has 94 valence electrons. The summed E-state index contributed by atoms with van der Waals surface area (Å²) in [6.45, 7) is 3.36. The van der Waals surface area contributed by atoms with Crippen LogP contribution in [0.25, 0.3) is 0 Å². The molecule has 0 amide bonds. The number of benzene rings is 1. The van der Waals surface area contributed by atoms with Crippen molar-refractivity contribution in [1.29, 1.82) is 0 Å². The fourth-order valence-electron chi connectivity index (χ4n) is 2.09. The van der Waals surface area contributed by atoms with Gasteiger partial charge in [-0.3, -0.25) is 0 Å². The molecule has 1 unspecified atom stereocenters. The minimum Gasteiger partial charge on any atom is -0.486 e. The molecule has 2 rings (SSSR count). The van der Waals surface area contributed by atoms with Gasteiger partial charge in [-0.25, -0.2) is 0 Å². The Labute approximate surface area is 107 Å². The Bertz CT molecular complexity index is 395. The lowest BCUT2D eigenvalue weighted by molar-refractivity contribution is 0.171. The van der Waals surface area contributed by atoms with Crippen LogP contribution < -0.4 is 14.8 Å². The Morgan fingerprint density at radius 2 is 1.94 bits per heavy atom. The standard InChI is InChI=1S/C13H18ClNO2/c1-3-4-11(15-2)9-7-12-13(8-10(9)14)17-6-5-16-12/h7-8,11,15H,3-6H2,1-2H3. The quantitative estimate of drug-likeness (QED) is 0.897. The Balaban J connectivity index is 2.33. The van der Waals surface area contributed by atoms with Crippen molar-refractivity contribution in [3.05, 3.63) is 22.7 Å². The normalized spacial score (nSPS) is 15.7. The van der Waals surface area contributed by atoms with Crippen molar-refractivity contribution in [3.63, 3.8) is 0 Å². The number of rotatable bonds is 4. The average molecular weight is 256 g/mol. The highest BCUT2D eigenvalue weighted by Crippen LogP contribution is 2.38. The number of hydrogen-bond acceptors (Lipinski definition) is 3. The number of fused-ring (bicyclic) bond motifs is 1. The molecule has 0 saturated carbocycles. The van der Waals surface area contributed by atoms with Crippen LogP contribution in [0, 0.1) is 0 Å². The van der Waals surface area contributed by atoms with Gasteiger partial charge < -0.3 is 14.8 Å². The molecule has 4 heteroatoms. The maximum Gasteiger partial charge on any atom is 0.162 e.